The zero-order valence-corrected chi connectivity index (χ0v) is 28.1. The third-order valence-electron chi connectivity index (χ3n) is 9.62. The molecular weight excluding hydrogens is 600 g/mol. The average Bonchev–Trinajstić information content (AvgIpc) is 3.60. The summed E-state index contributed by atoms with van der Waals surface area (Å²) in [5, 5.41) is 28.0. The van der Waals surface area contributed by atoms with Crippen LogP contribution in [0.15, 0.2) is 42.9 Å². The molecule has 1 saturated heterocycles. The smallest absolute Gasteiger partial charge is 0.318 e. The number of morpholine rings is 1. The summed E-state index contributed by atoms with van der Waals surface area (Å²) in [6.45, 7) is 5.51. The van der Waals surface area contributed by atoms with Gasteiger partial charge in [0.15, 0.2) is 0 Å². The van der Waals surface area contributed by atoms with Gasteiger partial charge in [0.2, 0.25) is 11.8 Å². The maximum atomic E-state index is 14.3. The number of aliphatic hydroxyl groups is 2. The Morgan fingerprint density at radius 2 is 1.72 bits per heavy atom. The first-order valence-electron chi connectivity index (χ1n) is 17.2. The molecule has 0 unspecified atom stereocenters. The lowest BCUT2D eigenvalue weighted by Gasteiger charge is -2.35. The van der Waals surface area contributed by atoms with Gasteiger partial charge in [-0.15, -0.1) is 0 Å². The summed E-state index contributed by atoms with van der Waals surface area (Å²) in [6, 6.07) is 6.62. The second kappa shape index (κ2) is 18.2. The number of aliphatic hydroxyl groups excluding tert-OH is 2. The van der Waals surface area contributed by atoms with Crippen molar-refractivity contribution in [2.45, 2.75) is 102 Å². The molecule has 2 aliphatic rings. The number of hydrogen-bond donors (Lipinski definition) is 5. The molecule has 2 fully saturated rings. The molecule has 4 amide bonds. The number of rotatable bonds is 15. The van der Waals surface area contributed by atoms with E-state index >= 15 is 0 Å². The first-order chi connectivity index (χ1) is 22.6. The highest BCUT2D eigenvalue weighted by molar-refractivity contribution is 5.92. The maximum Gasteiger partial charge on any atom is 0.318 e. The summed E-state index contributed by atoms with van der Waals surface area (Å²) < 4.78 is 5.39. The van der Waals surface area contributed by atoms with Crippen LogP contribution in [0.3, 0.4) is 0 Å². The predicted molar refractivity (Wildman–Crippen MR) is 178 cm³/mol. The Bertz CT molecular complexity index is 1230. The third-order valence-corrected chi connectivity index (χ3v) is 9.62. The van der Waals surface area contributed by atoms with E-state index in [0.29, 0.717) is 44.3 Å². The monoisotopic (exact) mass is 654 g/mol. The summed E-state index contributed by atoms with van der Waals surface area (Å²) in [5.41, 5.74) is 1.54. The molecule has 1 aliphatic heterocycles. The molecule has 1 aromatic carbocycles. The van der Waals surface area contributed by atoms with Crippen LogP contribution in [0, 0.1) is 11.8 Å². The van der Waals surface area contributed by atoms with Gasteiger partial charge in [0.05, 0.1) is 37.8 Å². The molecule has 1 aliphatic carbocycles. The van der Waals surface area contributed by atoms with E-state index in [0.717, 1.165) is 31.2 Å². The van der Waals surface area contributed by atoms with Crippen LogP contribution in [-0.2, 0) is 27.2 Å². The van der Waals surface area contributed by atoms with E-state index in [1.165, 1.54) is 17.6 Å². The summed E-state index contributed by atoms with van der Waals surface area (Å²) in [4.78, 5) is 52.0. The summed E-state index contributed by atoms with van der Waals surface area (Å²) in [7, 11) is 1.58. The number of imidazole rings is 1. The van der Waals surface area contributed by atoms with E-state index in [-0.39, 0.29) is 31.2 Å². The third kappa shape index (κ3) is 11.0. The van der Waals surface area contributed by atoms with Gasteiger partial charge < -0.3 is 40.4 Å². The number of H-pyrrole nitrogens is 1. The molecule has 0 spiro atoms. The van der Waals surface area contributed by atoms with E-state index in [2.05, 4.69) is 20.6 Å². The fourth-order valence-corrected chi connectivity index (χ4v) is 6.52. The van der Waals surface area contributed by atoms with Crippen LogP contribution >= 0.6 is 0 Å². The van der Waals surface area contributed by atoms with Crippen LogP contribution in [0.4, 0.5) is 4.79 Å². The largest absolute Gasteiger partial charge is 0.393 e. The standard InChI is InChI=1S/C35H54N6O6/c1-24(2)31(42)21-32(43)28(18-25-10-6-4-7-11-25)38-33(44)30(20-27-22-36-23-37-27)40(3)34(45)29(19-26-12-8-5-9-13-26)39-35(46)41-14-16-47-17-15-41/h5,8-9,12-13,22-25,28-32,42-43H,4,6-7,10-11,14-21H2,1-3H3,(H,36,37)(H,38,44)(H,39,46)/t28-,29-,30-,31-,32-/m0/s1. The molecular formula is C35H54N6O6. The SMILES string of the molecule is CC(C)[C@@H](O)C[C@H](O)[C@H](CC1CCCCC1)NC(=O)[C@H](Cc1cnc[nH]1)N(C)C(=O)[C@H](Cc1ccccc1)NC(=O)N1CCOCC1. The van der Waals surface area contributed by atoms with E-state index in [4.69, 9.17) is 4.74 Å². The molecule has 5 atom stereocenters. The van der Waals surface area contributed by atoms with Crippen molar-refractivity contribution in [3.8, 4) is 0 Å². The van der Waals surface area contributed by atoms with Gasteiger partial charge in [0.25, 0.3) is 0 Å². The number of ether oxygens (including phenoxy) is 1. The van der Waals surface area contributed by atoms with Crippen LogP contribution in [0.25, 0.3) is 0 Å². The molecule has 5 N–H and O–H groups in total. The van der Waals surface area contributed by atoms with E-state index in [1.807, 2.05) is 44.2 Å². The van der Waals surface area contributed by atoms with E-state index < -0.39 is 42.1 Å². The topological polar surface area (TPSA) is 160 Å². The number of aromatic amines is 1. The Kier molecular flexibility index (Phi) is 14.1. The van der Waals surface area contributed by atoms with Gasteiger partial charge in [-0.2, -0.15) is 0 Å². The van der Waals surface area contributed by atoms with Gasteiger partial charge in [0, 0.05) is 51.3 Å². The van der Waals surface area contributed by atoms with Gasteiger partial charge in [-0.05, 0) is 23.8 Å². The zero-order chi connectivity index (χ0) is 33.8. The number of aromatic nitrogens is 2. The lowest BCUT2D eigenvalue weighted by atomic mass is 9.82. The number of carbonyl (C=O) groups is 3. The molecule has 4 rings (SSSR count). The second-order valence-electron chi connectivity index (χ2n) is 13.5. The van der Waals surface area contributed by atoms with Gasteiger partial charge in [-0.1, -0.05) is 76.3 Å². The van der Waals surface area contributed by atoms with E-state index in [9.17, 15) is 24.6 Å². The molecule has 2 aromatic rings. The number of nitrogens with one attached hydrogen (secondary N) is 3. The van der Waals surface area contributed by atoms with Gasteiger partial charge in [-0.3, -0.25) is 9.59 Å². The summed E-state index contributed by atoms with van der Waals surface area (Å²) >= 11 is 0. The highest BCUT2D eigenvalue weighted by atomic mass is 16.5. The quantitative estimate of drug-likeness (QED) is 0.197. The normalized spacial score (nSPS) is 19.0. The lowest BCUT2D eigenvalue weighted by Crippen LogP contribution is -2.59. The number of urea groups is 1. The Morgan fingerprint density at radius 3 is 2.36 bits per heavy atom. The van der Waals surface area contributed by atoms with Crippen molar-refractivity contribution >= 4 is 17.8 Å². The van der Waals surface area contributed by atoms with Crippen molar-refractivity contribution in [3.05, 3.63) is 54.1 Å². The molecule has 47 heavy (non-hydrogen) atoms. The van der Waals surface area contributed by atoms with Crippen molar-refractivity contribution < 1.29 is 29.3 Å². The average molecular weight is 655 g/mol. The number of likely N-dealkylation sites (N-methyl/N-ethyl adjacent to an activating group) is 1. The number of benzene rings is 1. The number of amides is 4. The van der Waals surface area contributed by atoms with Gasteiger partial charge in [-0.25, -0.2) is 9.78 Å². The fourth-order valence-electron chi connectivity index (χ4n) is 6.52. The Balaban J connectivity index is 1.57. The molecule has 12 nitrogen and oxygen atoms in total. The molecule has 0 radical (unpaired) electrons. The Morgan fingerprint density at radius 1 is 1.02 bits per heavy atom. The highest BCUT2D eigenvalue weighted by Gasteiger charge is 2.36. The molecule has 1 aromatic heterocycles. The minimum atomic E-state index is -0.961. The van der Waals surface area contributed by atoms with Crippen LogP contribution in [0.2, 0.25) is 0 Å². The van der Waals surface area contributed by atoms with Crippen LogP contribution in [-0.4, -0.2) is 112 Å². The molecule has 0 bridgehead atoms. The van der Waals surface area contributed by atoms with Crippen molar-refractivity contribution in [2.75, 3.05) is 33.4 Å². The number of carbonyl (C=O) groups excluding carboxylic acids is 3. The van der Waals surface area contributed by atoms with Crippen LogP contribution in [0.5, 0.6) is 0 Å². The Hall–Kier alpha value is -3.48. The van der Waals surface area contributed by atoms with Crippen LogP contribution in [0.1, 0.15) is 70.1 Å². The number of nitrogens with zero attached hydrogens (tertiary/aromatic N) is 3. The maximum absolute atomic E-state index is 14.3. The first kappa shape index (κ1) is 36.4. The van der Waals surface area contributed by atoms with Crippen molar-refractivity contribution in [1.82, 2.24) is 30.4 Å². The van der Waals surface area contributed by atoms with E-state index in [1.54, 1.807) is 18.1 Å². The van der Waals surface area contributed by atoms with Crippen molar-refractivity contribution in [1.29, 1.82) is 0 Å². The Labute approximate surface area is 278 Å². The molecule has 260 valence electrons. The first-order valence-corrected chi connectivity index (χ1v) is 17.2. The van der Waals surface area contributed by atoms with Gasteiger partial charge >= 0.3 is 6.03 Å². The summed E-state index contributed by atoms with van der Waals surface area (Å²) in [6.07, 6.45) is 8.11. The molecule has 1 saturated carbocycles. The fraction of sp³-hybridized carbons (Fsp3) is 0.657. The van der Waals surface area contributed by atoms with Crippen molar-refractivity contribution in [3.63, 3.8) is 0 Å². The molecule has 12 heteroatoms. The number of hydrogen-bond acceptors (Lipinski definition) is 7. The minimum Gasteiger partial charge on any atom is -0.393 e. The summed E-state index contributed by atoms with van der Waals surface area (Å²) in [5.74, 6) is -0.500. The van der Waals surface area contributed by atoms with Crippen molar-refractivity contribution in [2.24, 2.45) is 11.8 Å². The highest BCUT2D eigenvalue weighted by Crippen LogP contribution is 2.29. The zero-order valence-electron chi connectivity index (χ0n) is 28.1. The molecule has 2 heterocycles. The van der Waals surface area contributed by atoms with Crippen LogP contribution < -0.4 is 10.6 Å². The lowest BCUT2D eigenvalue weighted by molar-refractivity contribution is -0.141. The second-order valence-corrected chi connectivity index (χ2v) is 13.5. The minimum absolute atomic E-state index is 0.0400. The predicted octanol–water partition coefficient (Wildman–Crippen LogP) is 2.66. The van der Waals surface area contributed by atoms with Gasteiger partial charge in [0.1, 0.15) is 12.1 Å².